The summed E-state index contributed by atoms with van der Waals surface area (Å²) >= 11 is 0. The molecular weight excluding hydrogens is 364 g/mol. The van der Waals surface area contributed by atoms with E-state index in [9.17, 15) is 4.79 Å². The van der Waals surface area contributed by atoms with Gasteiger partial charge in [0.2, 0.25) is 0 Å². The fourth-order valence-corrected chi connectivity index (χ4v) is 3.94. The Hall–Kier alpha value is -2.95. The van der Waals surface area contributed by atoms with Gasteiger partial charge in [-0.1, -0.05) is 32.9 Å². The third-order valence-electron chi connectivity index (χ3n) is 5.72. The first-order valence-corrected chi connectivity index (χ1v) is 9.96. The molecule has 0 aliphatic carbocycles. The van der Waals surface area contributed by atoms with E-state index in [2.05, 4.69) is 44.0 Å². The molecule has 29 heavy (non-hydrogen) atoms. The minimum atomic E-state index is 0.0268. The molecule has 2 heterocycles. The second-order valence-electron chi connectivity index (χ2n) is 8.69. The highest BCUT2D eigenvalue weighted by Gasteiger charge is 2.25. The van der Waals surface area contributed by atoms with E-state index in [1.54, 1.807) is 14.2 Å². The van der Waals surface area contributed by atoms with Crippen LogP contribution in [0.5, 0.6) is 11.5 Å². The monoisotopic (exact) mass is 392 g/mol. The van der Waals surface area contributed by atoms with Gasteiger partial charge in [0.05, 0.1) is 14.2 Å². The van der Waals surface area contributed by atoms with Crippen LogP contribution in [-0.2, 0) is 18.4 Å². The van der Waals surface area contributed by atoms with Gasteiger partial charge >= 0.3 is 0 Å². The highest BCUT2D eigenvalue weighted by Crippen LogP contribution is 2.34. The Bertz CT molecular complexity index is 1080. The van der Waals surface area contributed by atoms with E-state index in [0.29, 0.717) is 24.5 Å². The first-order valence-electron chi connectivity index (χ1n) is 9.96. The van der Waals surface area contributed by atoms with Crippen LogP contribution >= 0.6 is 0 Å². The fraction of sp³-hybridized carbons (Fsp3) is 0.375. The van der Waals surface area contributed by atoms with E-state index in [0.717, 1.165) is 28.6 Å². The molecule has 0 bridgehead atoms. The summed E-state index contributed by atoms with van der Waals surface area (Å²) in [7, 11) is 3.27. The summed E-state index contributed by atoms with van der Waals surface area (Å²) in [4.78, 5) is 18.4. The zero-order chi connectivity index (χ0) is 20.8. The van der Waals surface area contributed by atoms with Crippen LogP contribution in [0.3, 0.4) is 0 Å². The van der Waals surface area contributed by atoms with E-state index in [-0.39, 0.29) is 11.3 Å². The number of methoxy groups -OCH3 is 2. The maximum absolute atomic E-state index is 13.2. The molecule has 0 saturated carbocycles. The predicted molar refractivity (Wildman–Crippen MR) is 115 cm³/mol. The summed E-state index contributed by atoms with van der Waals surface area (Å²) in [5, 5.41) is 1.06. The lowest BCUT2D eigenvalue weighted by atomic mass is 9.87. The largest absolute Gasteiger partial charge is 0.493 e. The number of hydrogen-bond acceptors (Lipinski definition) is 3. The second-order valence-corrected chi connectivity index (χ2v) is 8.69. The van der Waals surface area contributed by atoms with Gasteiger partial charge in [-0.25, -0.2) is 0 Å². The molecule has 0 radical (unpaired) electrons. The standard InChI is InChI=1S/C24H28N2O3/c1-24(2,3)18-7-6-16-10-20(25-19(16)13-18)23(27)26-9-8-15-11-21(28-4)22(29-5)12-17(15)14-26/h6-7,10-13,25H,8-9,14H2,1-5H3. The Balaban J connectivity index is 1.61. The summed E-state index contributed by atoms with van der Waals surface area (Å²) in [6, 6.07) is 12.3. The molecular formula is C24H28N2O3. The number of amides is 1. The Labute approximate surface area is 171 Å². The Kier molecular flexibility index (Phi) is 4.77. The van der Waals surface area contributed by atoms with Gasteiger partial charge in [-0.15, -0.1) is 0 Å². The molecule has 1 aromatic heterocycles. The molecule has 1 aliphatic heterocycles. The maximum Gasteiger partial charge on any atom is 0.270 e. The van der Waals surface area contributed by atoms with Crippen LogP contribution in [-0.4, -0.2) is 36.6 Å². The molecule has 5 nitrogen and oxygen atoms in total. The van der Waals surface area contributed by atoms with Gasteiger partial charge in [-0.3, -0.25) is 4.79 Å². The van der Waals surface area contributed by atoms with Crippen molar-refractivity contribution in [2.24, 2.45) is 0 Å². The third-order valence-corrected chi connectivity index (χ3v) is 5.72. The van der Waals surface area contributed by atoms with Gasteiger partial charge in [-0.2, -0.15) is 0 Å². The van der Waals surface area contributed by atoms with Crippen molar-refractivity contribution in [1.82, 2.24) is 9.88 Å². The van der Waals surface area contributed by atoms with E-state index in [1.165, 1.54) is 11.1 Å². The number of aromatic nitrogens is 1. The predicted octanol–water partition coefficient (Wildman–Crippen LogP) is 4.68. The van der Waals surface area contributed by atoms with Crippen LogP contribution in [0, 0.1) is 0 Å². The molecule has 3 aromatic rings. The number of ether oxygens (including phenoxy) is 2. The number of H-pyrrole nitrogens is 1. The molecule has 5 heteroatoms. The third kappa shape index (κ3) is 3.57. The molecule has 1 N–H and O–H groups in total. The quantitative estimate of drug-likeness (QED) is 0.704. The first-order chi connectivity index (χ1) is 13.8. The fourth-order valence-electron chi connectivity index (χ4n) is 3.94. The molecule has 2 aromatic carbocycles. The van der Waals surface area contributed by atoms with Gasteiger partial charge in [0.1, 0.15) is 5.69 Å². The Morgan fingerprint density at radius 3 is 2.34 bits per heavy atom. The average Bonchev–Trinajstić information content (AvgIpc) is 3.14. The number of nitrogens with one attached hydrogen (secondary N) is 1. The maximum atomic E-state index is 13.2. The Morgan fingerprint density at radius 2 is 1.69 bits per heavy atom. The minimum absolute atomic E-state index is 0.0268. The zero-order valence-corrected chi connectivity index (χ0v) is 17.8. The van der Waals surface area contributed by atoms with Crippen molar-refractivity contribution in [2.75, 3.05) is 20.8 Å². The molecule has 0 unspecified atom stereocenters. The number of carbonyl (C=O) groups excluding carboxylic acids is 1. The molecule has 0 spiro atoms. The molecule has 0 atom stereocenters. The summed E-state index contributed by atoms with van der Waals surface area (Å²) in [6.45, 7) is 7.83. The SMILES string of the molecule is COc1cc2c(cc1OC)CN(C(=O)c1cc3ccc(C(C)(C)C)cc3[nH]1)CC2. The van der Waals surface area contributed by atoms with Crippen LogP contribution in [0.15, 0.2) is 36.4 Å². The number of nitrogens with zero attached hydrogens (tertiary/aromatic N) is 1. The lowest BCUT2D eigenvalue weighted by Gasteiger charge is -2.29. The van der Waals surface area contributed by atoms with Crippen LogP contribution in [0.4, 0.5) is 0 Å². The molecule has 1 aliphatic rings. The minimum Gasteiger partial charge on any atom is -0.493 e. The average molecular weight is 392 g/mol. The lowest BCUT2D eigenvalue weighted by Crippen LogP contribution is -2.36. The number of aromatic amines is 1. The lowest BCUT2D eigenvalue weighted by molar-refractivity contribution is 0.0729. The second kappa shape index (κ2) is 7.14. The van der Waals surface area contributed by atoms with Crippen molar-refractivity contribution in [3.8, 4) is 11.5 Å². The van der Waals surface area contributed by atoms with Gasteiger partial charge in [0, 0.05) is 24.0 Å². The van der Waals surface area contributed by atoms with Crippen molar-refractivity contribution in [2.45, 2.75) is 39.2 Å². The highest BCUT2D eigenvalue weighted by atomic mass is 16.5. The smallest absolute Gasteiger partial charge is 0.270 e. The normalized spacial score (nSPS) is 14.0. The van der Waals surface area contributed by atoms with Gasteiger partial charge < -0.3 is 19.4 Å². The summed E-state index contributed by atoms with van der Waals surface area (Å²) in [5.74, 6) is 1.45. The number of rotatable bonds is 3. The number of hydrogen-bond donors (Lipinski definition) is 1. The van der Waals surface area contributed by atoms with Crippen LogP contribution < -0.4 is 9.47 Å². The highest BCUT2D eigenvalue weighted by molar-refractivity contribution is 5.98. The summed E-state index contributed by atoms with van der Waals surface area (Å²) in [6.07, 6.45) is 0.801. The van der Waals surface area contributed by atoms with E-state index in [4.69, 9.17) is 9.47 Å². The van der Waals surface area contributed by atoms with Crippen LogP contribution in [0.1, 0.15) is 48.0 Å². The van der Waals surface area contributed by atoms with Crippen LogP contribution in [0.25, 0.3) is 10.9 Å². The first kappa shape index (κ1) is 19.4. The van der Waals surface area contributed by atoms with Crippen molar-refractivity contribution >= 4 is 16.8 Å². The van der Waals surface area contributed by atoms with Gasteiger partial charge in [0.15, 0.2) is 11.5 Å². The van der Waals surface area contributed by atoms with E-state index >= 15 is 0 Å². The van der Waals surface area contributed by atoms with E-state index in [1.807, 2.05) is 23.1 Å². The molecule has 0 saturated heterocycles. The summed E-state index contributed by atoms with van der Waals surface area (Å²) < 4.78 is 10.8. The van der Waals surface area contributed by atoms with E-state index < -0.39 is 0 Å². The Morgan fingerprint density at radius 1 is 1.00 bits per heavy atom. The summed E-state index contributed by atoms with van der Waals surface area (Å²) in [5.41, 5.74) is 5.27. The number of benzene rings is 2. The van der Waals surface area contributed by atoms with Gasteiger partial charge in [-0.05, 0) is 52.8 Å². The van der Waals surface area contributed by atoms with Crippen molar-refractivity contribution in [3.63, 3.8) is 0 Å². The molecule has 152 valence electrons. The topological polar surface area (TPSA) is 54.6 Å². The number of carbonyl (C=O) groups is 1. The van der Waals surface area contributed by atoms with Crippen molar-refractivity contribution in [1.29, 1.82) is 0 Å². The molecule has 4 rings (SSSR count). The number of fused-ring (bicyclic) bond motifs is 2. The van der Waals surface area contributed by atoms with Crippen molar-refractivity contribution in [3.05, 3.63) is 58.8 Å². The molecule has 0 fully saturated rings. The zero-order valence-electron chi connectivity index (χ0n) is 17.8. The van der Waals surface area contributed by atoms with Gasteiger partial charge in [0.25, 0.3) is 5.91 Å². The van der Waals surface area contributed by atoms with Crippen molar-refractivity contribution < 1.29 is 14.3 Å². The van der Waals surface area contributed by atoms with Crippen LogP contribution in [0.2, 0.25) is 0 Å². The molecule has 1 amide bonds.